The Balaban J connectivity index is 1.29. The van der Waals surface area contributed by atoms with Crippen molar-refractivity contribution < 1.29 is 0 Å². The summed E-state index contributed by atoms with van der Waals surface area (Å²) in [6.45, 7) is 4.06. The van der Waals surface area contributed by atoms with E-state index in [0.29, 0.717) is 17.5 Å². The van der Waals surface area contributed by atoms with Crippen LogP contribution in [0.15, 0.2) is 170 Å². The summed E-state index contributed by atoms with van der Waals surface area (Å²) in [4.78, 5) is 18.9. The standard InChI is InChI=1S/C47H34N4/c1-31-30-48-27-26-38(31)40-21-10-9-20-39(40)34-24-25-42-41-22-11-12-23-43(41)47(44(42)29-34,36-17-7-4-8-18-36)37-19-13-16-35(28-37)46-50-32(2)49-45(51-46)33-14-5-3-6-15-33/h3-30H,1-2H3. The summed E-state index contributed by atoms with van der Waals surface area (Å²) in [6.07, 6.45) is 3.82. The predicted molar refractivity (Wildman–Crippen MR) is 206 cm³/mol. The van der Waals surface area contributed by atoms with Crippen LogP contribution in [-0.2, 0) is 5.41 Å². The van der Waals surface area contributed by atoms with Gasteiger partial charge in [-0.3, -0.25) is 4.98 Å². The number of nitrogens with zero attached hydrogens (tertiary/aromatic N) is 4. The van der Waals surface area contributed by atoms with Crippen LogP contribution in [-0.4, -0.2) is 19.9 Å². The quantitative estimate of drug-likeness (QED) is 0.179. The Morgan fingerprint density at radius 3 is 1.82 bits per heavy atom. The molecule has 1 unspecified atom stereocenters. The number of aryl methyl sites for hydroxylation is 2. The Bertz CT molecular complexity index is 2560. The third kappa shape index (κ3) is 5.07. The van der Waals surface area contributed by atoms with Crippen molar-refractivity contribution in [2.45, 2.75) is 19.3 Å². The molecule has 242 valence electrons. The van der Waals surface area contributed by atoms with E-state index in [9.17, 15) is 0 Å². The molecule has 0 N–H and O–H groups in total. The van der Waals surface area contributed by atoms with Crippen LogP contribution in [0.2, 0.25) is 0 Å². The molecule has 4 heteroatoms. The van der Waals surface area contributed by atoms with Crippen LogP contribution in [0, 0.1) is 13.8 Å². The molecule has 0 radical (unpaired) electrons. The highest BCUT2D eigenvalue weighted by atomic mass is 15.0. The average molecular weight is 655 g/mol. The Labute approximate surface area is 298 Å². The fourth-order valence-electron chi connectivity index (χ4n) is 7.89. The van der Waals surface area contributed by atoms with E-state index in [0.717, 1.165) is 22.3 Å². The molecule has 1 aliphatic rings. The Morgan fingerprint density at radius 2 is 1.04 bits per heavy atom. The summed E-state index contributed by atoms with van der Waals surface area (Å²) in [5.41, 5.74) is 14.6. The van der Waals surface area contributed by atoms with Crippen molar-refractivity contribution in [3.63, 3.8) is 0 Å². The second kappa shape index (κ2) is 12.4. The van der Waals surface area contributed by atoms with Crippen LogP contribution >= 0.6 is 0 Å². The van der Waals surface area contributed by atoms with Crippen molar-refractivity contribution in [1.82, 2.24) is 19.9 Å². The zero-order valence-corrected chi connectivity index (χ0v) is 28.5. The highest BCUT2D eigenvalue weighted by molar-refractivity contribution is 5.91. The van der Waals surface area contributed by atoms with Crippen LogP contribution in [0.1, 0.15) is 33.6 Å². The van der Waals surface area contributed by atoms with E-state index in [1.54, 1.807) is 0 Å². The SMILES string of the molecule is Cc1nc(-c2ccccc2)nc(-c2cccc(C3(c4ccccc4)c4ccccc4-c4ccc(-c5ccccc5-c5ccncc5C)cc43)c2)n1. The molecular weight excluding hydrogens is 621 g/mol. The fraction of sp³-hybridized carbons (Fsp3) is 0.0638. The number of benzene rings is 6. The van der Waals surface area contributed by atoms with Crippen molar-refractivity contribution in [1.29, 1.82) is 0 Å². The molecule has 0 aliphatic heterocycles. The van der Waals surface area contributed by atoms with Crippen molar-refractivity contribution in [3.8, 4) is 56.2 Å². The van der Waals surface area contributed by atoms with Gasteiger partial charge in [0.15, 0.2) is 11.6 Å². The zero-order chi connectivity index (χ0) is 34.4. The third-order valence-corrected chi connectivity index (χ3v) is 10.1. The van der Waals surface area contributed by atoms with Crippen LogP contribution < -0.4 is 0 Å². The largest absolute Gasteiger partial charge is 0.264 e. The van der Waals surface area contributed by atoms with Gasteiger partial charge in [-0.05, 0) is 93.2 Å². The molecule has 0 saturated carbocycles. The van der Waals surface area contributed by atoms with Crippen LogP contribution in [0.25, 0.3) is 56.2 Å². The van der Waals surface area contributed by atoms with Gasteiger partial charge in [-0.1, -0.05) is 140 Å². The van der Waals surface area contributed by atoms with E-state index in [1.807, 2.05) is 49.6 Å². The van der Waals surface area contributed by atoms with Gasteiger partial charge in [0.05, 0.1) is 5.41 Å². The van der Waals surface area contributed by atoms with Gasteiger partial charge in [0.1, 0.15) is 5.82 Å². The summed E-state index contributed by atoms with van der Waals surface area (Å²) in [5, 5.41) is 0. The van der Waals surface area contributed by atoms with Gasteiger partial charge in [-0.2, -0.15) is 0 Å². The van der Waals surface area contributed by atoms with Crippen molar-refractivity contribution >= 4 is 0 Å². The molecule has 0 bridgehead atoms. The van der Waals surface area contributed by atoms with E-state index in [-0.39, 0.29) is 0 Å². The van der Waals surface area contributed by atoms with Gasteiger partial charge in [0, 0.05) is 23.5 Å². The maximum atomic E-state index is 5.00. The lowest BCUT2D eigenvalue weighted by molar-refractivity contribution is 0.769. The molecule has 9 rings (SSSR count). The highest BCUT2D eigenvalue weighted by Crippen LogP contribution is 2.57. The van der Waals surface area contributed by atoms with Crippen LogP contribution in [0.3, 0.4) is 0 Å². The number of rotatable bonds is 6. The first-order valence-electron chi connectivity index (χ1n) is 17.3. The van der Waals surface area contributed by atoms with Gasteiger partial charge >= 0.3 is 0 Å². The molecular formula is C47H34N4. The zero-order valence-electron chi connectivity index (χ0n) is 28.5. The molecule has 1 atom stereocenters. The molecule has 2 heterocycles. The minimum atomic E-state index is -0.592. The smallest absolute Gasteiger partial charge is 0.163 e. The number of pyridine rings is 1. The summed E-state index contributed by atoms with van der Waals surface area (Å²) in [7, 11) is 0. The summed E-state index contributed by atoms with van der Waals surface area (Å²) < 4.78 is 0. The third-order valence-electron chi connectivity index (χ3n) is 10.1. The lowest BCUT2D eigenvalue weighted by Crippen LogP contribution is -2.28. The molecule has 8 aromatic rings. The molecule has 4 nitrogen and oxygen atoms in total. The Kier molecular flexibility index (Phi) is 7.44. The van der Waals surface area contributed by atoms with Crippen molar-refractivity contribution in [2.75, 3.05) is 0 Å². The number of fused-ring (bicyclic) bond motifs is 3. The minimum Gasteiger partial charge on any atom is -0.264 e. The van der Waals surface area contributed by atoms with Gasteiger partial charge in [0.25, 0.3) is 0 Å². The second-order valence-corrected chi connectivity index (χ2v) is 13.1. The van der Waals surface area contributed by atoms with Crippen molar-refractivity contribution in [2.24, 2.45) is 0 Å². The lowest BCUT2D eigenvalue weighted by Gasteiger charge is -2.34. The van der Waals surface area contributed by atoms with Gasteiger partial charge in [0.2, 0.25) is 0 Å². The fourth-order valence-corrected chi connectivity index (χ4v) is 7.89. The molecule has 2 aromatic heterocycles. The normalized spacial score (nSPS) is 14.5. The Hall–Kier alpha value is -6.52. The monoisotopic (exact) mass is 654 g/mol. The summed E-state index contributed by atoms with van der Waals surface area (Å²) in [5.74, 6) is 2.02. The van der Waals surface area contributed by atoms with Crippen LogP contribution in [0.4, 0.5) is 0 Å². The summed E-state index contributed by atoms with van der Waals surface area (Å²) in [6, 6.07) is 56.5. The lowest BCUT2D eigenvalue weighted by atomic mass is 9.67. The first kappa shape index (κ1) is 30.5. The maximum Gasteiger partial charge on any atom is 0.163 e. The minimum absolute atomic E-state index is 0.592. The number of aromatic nitrogens is 4. The molecule has 6 aromatic carbocycles. The number of hydrogen-bond acceptors (Lipinski definition) is 4. The molecule has 1 aliphatic carbocycles. The van der Waals surface area contributed by atoms with E-state index in [2.05, 4.69) is 139 Å². The predicted octanol–water partition coefficient (Wildman–Crippen LogP) is 10.9. The maximum absolute atomic E-state index is 5.00. The van der Waals surface area contributed by atoms with Gasteiger partial charge < -0.3 is 0 Å². The van der Waals surface area contributed by atoms with E-state index in [1.165, 1.54) is 50.1 Å². The molecule has 51 heavy (non-hydrogen) atoms. The average Bonchev–Trinajstić information content (AvgIpc) is 3.49. The Morgan fingerprint density at radius 1 is 0.412 bits per heavy atom. The van der Waals surface area contributed by atoms with Gasteiger partial charge in [-0.25, -0.2) is 15.0 Å². The van der Waals surface area contributed by atoms with Crippen LogP contribution in [0.5, 0.6) is 0 Å². The molecule has 0 spiro atoms. The molecule has 0 amide bonds. The molecule has 0 saturated heterocycles. The van der Waals surface area contributed by atoms with E-state index >= 15 is 0 Å². The first-order chi connectivity index (χ1) is 25.1. The topological polar surface area (TPSA) is 51.6 Å². The first-order valence-corrected chi connectivity index (χ1v) is 17.3. The molecule has 0 fully saturated rings. The summed E-state index contributed by atoms with van der Waals surface area (Å²) >= 11 is 0. The van der Waals surface area contributed by atoms with Crippen molar-refractivity contribution in [3.05, 3.63) is 204 Å². The number of hydrogen-bond donors (Lipinski definition) is 0. The second-order valence-electron chi connectivity index (χ2n) is 13.1. The van der Waals surface area contributed by atoms with Gasteiger partial charge in [-0.15, -0.1) is 0 Å². The highest BCUT2D eigenvalue weighted by Gasteiger charge is 2.46. The van der Waals surface area contributed by atoms with E-state index in [4.69, 9.17) is 15.0 Å². The van der Waals surface area contributed by atoms with E-state index < -0.39 is 5.41 Å².